The van der Waals surface area contributed by atoms with Gasteiger partial charge in [0.15, 0.2) is 0 Å². The number of likely N-dealkylation sites (N-methyl/N-ethyl adjacent to an activating group) is 3. The standard InChI is InChI=1S/C11H25N3O/c1-12-10(9-15)7-14(3)11-5-4-6-13(2)8-11/h10-12,15H,4-9H2,1-3H3. The summed E-state index contributed by atoms with van der Waals surface area (Å²) in [7, 11) is 6.24. The molecule has 0 saturated carbocycles. The summed E-state index contributed by atoms with van der Waals surface area (Å²) in [4.78, 5) is 4.76. The van der Waals surface area contributed by atoms with E-state index < -0.39 is 0 Å². The molecule has 1 rings (SSSR count). The van der Waals surface area contributed by atoms with Crippen molar-refractivity contribution in [3.05, 3.63) is 0 Å². The van der Waals surface area contributed by atoms with Gasteiger partial charge in [0.1, 0.15) is 0 Å². The van der Waals surface area contributed by atoms with Crippen LogP contribution in [0, 0.1) is 0 Å². The van der Waals surface area contributed by atoms with Gasteiger partial charge in [-0.2, -0.15) is 0 Å². The minimum Gasteiger partial charge on any atom is -0.395 e. The Hall–Kier alpha value is -0.160. The maximum absolute atomic E-state index is 9.13. The van der Waals surface area contributed by atoms with Crippen LogP contribution in [0.1, 0.15) is 12.8 Å². The largest absolute Gasteiger partial charge is 0.395 e. The SMILES string of the molecule is CNC(CO)CN(C)C1CCCN(C)C1. The van der Waals surface area contributed by atoms with E-state index in [-0.39, 0.29) is 12.6 Å². The molecule has 0 aromatic carbocycles. The van der Waals surface area contributed by atoms with E-state index in [1.807, 2.05) is 7.05 Å². The molecule has 0 aromatic rings. The van der Waals surface area contributed by atoms with Crippen molar-refractivity contribution in [1.29, 1.82) is 0 Å². The Kier molecular flexibility index (Phi) is 5.53. The zero-order valence-electron chi connectivity index (χ0n) is 10.2. The summed E-state index contributed by atoms with van der Waals surface area (Å²) >= 11 is 0. The lowest BCUT2D eigenvalue weighted by atomic mass is 10.0. The number of aliphatic hydroxyl groups is 1. The zero-order valence-corrected chi connectivity index (χ0v) is 10.2. The summed E-state index contributed by atoms with van der Waals surface area (Å²) in [6.07, 6.45) is 2.57. The Morgan fingerprint density at radius 2 is 2.33 bits per heavy atom. The van der Waals surface area contributed by atoms with Crippen LogP contribution in [0.15, 0.2) is 0 Å². The van der Waals surface area contributed by atoms with Gasteiger partial charge in [0.05, 0.1) is 6.61 Å². The highest BCUT2D eigenvalue weighted by Gasteiger charge is 2.22. The van der Waals surface area contributed by atoms with Crippen LogP contribution >= 0.6 is 0 Å². The Balaban J connectivity index is 2.34. The molecule has 0 bridgehead atoms. The smallest absolute Gasteiger partial charge is 0.0597 e. The predicted octanol–water partition coefficient (Wildman–Crippen LogP) is -0.407. The number of hydrogen-bond donors (Lipinski definition) is 2. The molecule has 1 saturated heterocycles. The van der Waals surface area contributed by atoms with Crippen molar-refractivity contribution in [3.8, 4) is 0 Å². The van der Waals surface area contributed by atoms with Crippen LogP contribution in [0.4, 0.5) is 0 Å². The van der Waals surface area contributed by atoms with Crippen LogP contribution in [0.5, 0.6) is 0 Å². The quantitative estimate of drug-likeness (QED) is 0.654. The fourth-order valence-electron chi connectivity index (χ4n) is 2.24. The molecule has 2 atom stereocenters. The number of rotatable bonds is 5. The third-order valence-electron chi connectivity index (χ3n) is 3.36. The second-order valence-corrected chi connectivity index (χ2v) is 4.67. The van der Waals surface area contributed by atoms with E-state index in [0.717, 1.165) is 13.1 Å². The second-order valence-electron chi connectivity index (χ2n) is 4.67. The first-order chi connectivity index (χ1) is 7.17. The highest BCUT2D eigenvalue weighted by molar-refractivity contribution is 4.80. The molecule has 0 aliphatic carbocycles. The Morgan fingerprint density at radius 3 is 2.87 bits per heavy atom. The van der Waals surface area contributed by atoms with Gasteiger partial charge in [-0.1, -0.05) is 0 Å². The van der Waals surface area contributed by atoms with E-state index in [4.69, 9.17) is 5.11 Å². The van der Waals surface area contributed by atoms with Gasteiger partial charge in [-0.3, -0.25) is 0 Å². The van der Waals surface area contributed by atoms with Crippen molar-refractivity contribution < 1.29 is 5.11 Å². The Labute approximate surface area is 93.2 Å². The molecule has 4 nitrogen and oxygen atoms in total. The fourth-order valence-corrected chi connectivity index (χ4v) is 2.24. The van der Waals surface area contributed by atoms with E-state index in [9.17, 15) is 0 Å². The first-order valence-electron chi connectivity index (χ1n) is 5.84. The van der Waals surface area contributed by atoms with E-state index in [1.165, 1.54) is 19.4 Å². The Morgan fingerprint density at radius 1 is 1.60 bits per heavy atom. The van der Waals surface area contributed by atoms with Gasteiger partial charge in [-0.25, -0.2) is 0 Å². The molecule has 1 aliphatic rings. The normalized spacial score (nSPS) is 25.8. The molecule has 4 heteroatoms. The average molecular weight is 215 g/mol. The molecule has 1 aliphatic heterocycles. The number of nitrogens with zero attached hydrogens (tertiary/aromatic N) is 2. The van der Waals surface area contributed by atoms with E-state index >= 15 is 0 Å². The molecule has 1 fully saturated rings. The topological polar surface area (TPSA) is 38.7 Å². The third kappa shape index (κ3) is 4.07. The van der Waals surface area contributed by atoms with Crippen molar-refractivity contribution in [1.82, 2.24) is 15.1 Å². The summed E-state index contributed by atoms with van der Waals surface area (Å²) in [5.41, 5.74) is 0. The molecular weight excluding hydrogens is 190 g/mol. The lowest BCUT2D eigenvalue weighted by Crippen LogP contribution is -2.49. The van der Waals surface area contributed by atoms with Crippen LogP contribution in [-0.2, 0) is 0 Å². The van der Waals surface area contributed by atoms with Gasteiger partial charge in [-0.05, 0) is 40.5 Å². The molecular formula is C11H25N3O. The fraction of sp³-hybridized carbons (Fsp3) is 1.00. The van der Waals surface area contributed by atoms with Crippen LogP contribution in [0.25, 0.3) is 0 Å². The molecule has 0 spiro atoms. The molecule has 2 N–H and O–H groups in total. The lowest BCUT2D eigenvalue weighted by Gasteiger charge is -2.37. The number of aliphatic hydroxyl groups excluding tert-OH is 1. The van der Waals surface area contributed by atoms with Crippen LogP contribution in [-0.4, -0.2) is 74.4 Å². The summed E-state index contributed by atoms with van der Waals surface area (Å²) in [5, 5.41) is 12.3. The van der Waals surface area contributed by atoms with Crippen molar-refractivity contribution in [3.63, 3.8) is 0 Å². The van der Waals surface area contributed by atoms with Crippen molar-refractivity contribution in [2.24, 2.45) is 0 Å². The molecule has 0 amide bonds. The summed E-state index contributed by atoms with van der Waals surface area (Å²) in [6.45, 7) is 3.51. The van der Waals surface area contributed by atoms with E-state index in [2.05, 4.69) is 29.2 Å². The zero-order chi connectivity index (χ0) is 11.3. The summed E-state index contributed by atoms with van der Waals surface area (Å²) < 4.78 is 0. The summed E-state index contributed by atoms with van der Waals surface area (Å²) in [5.74, 6) is 0. The van der Waals surface area contributed by atoms with Crippen LogP contribution in [0.3, 0.4) is 0 Å². The summed E-state index contributed by atoms with van der Waals surface area (Å²) in [6, 6.07) is 0.841. The van der Waals surface area contributed by atoms with Crippen LogP contribution in [0.2, 0.25) is 0 Å². The molecule has 1 heterocycles. The number of nitrogens with one attached hydrogen (secondary N) is 1. The molecule has 0 aromatic heterocycles. The van der Waals surface area contributed by atoms with E-state index in [1.54, 1.807) is 0 Å². The Bertz CT molecular complexity index is 173. The predicted molar refractivity (Wildman–Crippen MR) is 63.1 cm³/mol. The maximum Gasteiger partial charge on any atom is 0.0597 e. The third-order valence-corrected chi connectivity index (χ3v) is 3.36. The molecule has 90 valence electrons. The molecule has 15 heavy (non-hydrogen) atoms. The minimum absolute atomic E-state index is 0.197. The first-order valence-corrected chi connectivity index (χ1v) is 5.84. The number of piperidine rings is 1. The van der Waals surface area contributed by atoms with Gasteiger partial charge in [-0.15, -0.1) is 0 Å². The molecule has 0 radical (unpaired) electrons. The number of hydrogen-bond acceptors (Lipinski definition) is 4. The average Bonchev–Trinajstić information content (AvgIpc) is 2.25. The molecule has 2 unspecified atom stereocenters. The van der Waals surface area contributed by atoms with Gasteiger partial charge >= 0.3 is 0 Å². The van der Waals surface area contributed by atoms with Gasteiger partial charge in [0.25, 0.3) is 0 Å². The highest BCUT2D eigenvalue weighted by atomic mass is 16.3. The second kappa shape index (κ2) is 6.43. The highest BCUT2D eigenvalue weighted by Crippen LogP contribution is 2.13. The first kappa shape index (κ1) is 12.9. The maximum atomic E-state index is 9.13. The monoisotopic (exact) mass is 215 g/mol. The van der Waals surface area contributed by atoms with E-state index in [0.29, 0.717) is 6.04 Å². The minimum atomic E-state index is 0.197. The lowest BCUT2D eigenvalue weighted by molar-refractivity contribution is 0.114. The number of likely N-dealkylation sites (tertiary alicyclic amines) is 1. The van der Waals surface area contributed by atoms with Gasteiger partial charge in [0.2, 0.25) is 0 Å². The van der Waals surface area contributed by atoms with Crippen molar-refractivity contribution in [2.45, 2.75) is 24.9 Å². The van der Waals surface area contributed by atoms with Gasteiger partial charge < -0.3 is 20.2 Å². The van der Waals surface area contributed by atoms with Crippen LogP contribution < -0.4 is 5.32 Å². The van der Waals surface area contributed by atoms with Gasteiger partial charge in [0, 0.05) is 25.2 Å². The van der Waals surface area contributed by atoms with Crippen molar-refractivity contribution >= 4 is 0 Å². The van der Waals surface area contributed by atoms with Crippen molar-refractivity contribution in [2.75, 3.05) is 47.4 Å².